The fourth-order valence-electron chi connectivity index (χ4n) is 1.51. The van der Waals surface area contributed by atoms with Crippen LogP contribution in [0.2, 0.25) is 0 Å². The summed E-state index contributed by atoms with van der Waals surface area (Å²) in [6, 6.07) is 6.83. The smallest absolute Gasteiger partial charge is 0.410 e. The van der Waals surface area contributed by atoms with E-state index in [0.29, 0.717) is 5.56 Å². The molecule has 0 radical (unpaired) electrons. The maximum Gasteiger partial charge on any atom is 0.410 e. The first-order valence-electron chi connectivity index (χ1n) is 3.91. The van der Waals surface area contributed by atoms with E-state index in [0.717, 1.165) is 10.5 Å². The van der Waals surface area contributed by atoms with E-state index in [1.807, 2.05) is 0 Å². The average Bonchev–Trinajstić information content (AvgIpc) is 2.45. The number of hydrogen-bond acceptors (Lipinski definition) is 1. The fraction of sp³-hybridized carbons (Fsp3) is 0.222. The van der Waals surface area contributed by atoms with Gasteiger partial charge in [-0.15, -0.1) is 0 Å². The lowest BCUT2D eigenvalue weighted by Gasteiger charge is -2.13. The lowest BCUT2D eigenvalue weighted by molar-refractivity contribution is 0.0808. The highest BCUT2D eigenvalue weighted by molar-refractivity contribution is 5.67. The van der Waals surface area contributed by atoms with Gasteiger partial charge in [0.1, 0.15) is 0 Å². The van der Waals surface area contributed by atoms with Crippen molar-refractivity contribution < 1.29 is 14.3 Å². The zero-order valence-corrected chi connectivity index (χ0v) is 6.77. The standard InChI is InChI=1S/C9H8FNO2/c10-8-7-4-2-1-3-6(7)5-11(8)9(12)13/h1-4,8H,5H2,(H,12,13). The van der Waals surface area contributed by atoms with Crippen molar-refractivity contribution in [1.82, 2.24) is 4.90 Å². The molecule has 13 heavy (non-hydrogen) atoms. The largest absolute Gasteiger partial charge is 0.465 e. The summed E-state index contributed by atoms with van der Waals surface area (Å²) in [7, 11) is 0. The molecule has 0 saturated heterocycles. The number of amides is 1. The van der Waals surface area contributed by atoms with E-state index in [2.05, 4.69) is 0 Å². The quantitative estimate of drug-likeness (QED) is 0.623. The molecule has 2 rings (SSSR count). The number of nitrogens with zero attached hydrogens (tertiary/aromatic N) is 1. The Bertz CT molecular complexity index is 353. The van der Waals surface area contributed by atoms with Gasteiger partial charge in [-0.2, -0.15) is 0 Å². The molecule has 1 aromatic carbocycles. The first-order chi connectivity index (χ1) is 6.20. The van der Waals surface area contributed by atoms with Crippen LogP contribution in [0.5, 0.6) is 0 Å². The molecule has 1 unspecified atom stereocenters. The first-order valence-corrected chi connectivity index (χ1v) is 3.91. The van der Waals surface area contributed by atoms with Gasteiger partial charge >= 0.3 is 6.09 Å². The molecule has 0 aromatic heterocycles. The Morgan fingerprint density at radius 1 is 1.54 bits per heavy atom. The molecular formula is C9H8FNO2. The number of carbonyl (C=O) groups is 1. The van der Waals surface area contributed by atoms with Crippen molar-refractivity contribution in [3.05, 3.63) is 35.4 Å². The van der Waals surface area contributed by atoms with Gasteiger partial charge in [0.05, 0.1) is 6.54 Å². The molecule has 1 atom stereocenters. The van der Waals surface area contributed by atoms with Crippen molar-refractivity contribution in [2.75, 3.05) is 0 Å². The van der Waals surface area contributed by atoms with Gasteiger partial charge in [0.25, 0.3) is 0 Å². The molecule has 1 aliphatic heterocycles. The van der Waals surface area contributed by atoms with Crippen LogP contribution in [-0.2, 0) is 6.54 Å². The average molecular weight is 181 g/mol. The molecule has 3 nitrogen and oxygen atoms in total. The minimum Gasteiger partial charge on any atom is -0.465 e. The van der Waals surface area contributed by atoms with Crippen LogP contribution < -0.4 is 0 Å². The second kappa shape index (κ2) is 2.73. The molecule has 0 fully saturated rings. The topological polar surface area (TPSA) is 40.5 Å². The number of benzene rings is 1. The second-order valence-corrected chi connectivity index (χ2v) is 2.95. The highest BCUT2D eigenvalue weighted by Crippen LogP contribution is 2.33. The van der Waals surface area contributed by atoms with E-state index in [-0.39, 0.29) is 6.54 Å². The Balaban J connectivity index is 2.38. The monoisotopic (exact) mass is 181 g/mol. The summed E-state index contributed by atoms with van der Waals surface area (Å²) in [6.07, 6.45) is -2.72. The van der Waals surface area contributed by atoms with E-state index in [1.54, 1.807) is 24.3 Å². The minimum absolute atomic E-state index is 0.146. The van der Waals surface area contributed by atoms with Gasteiger partial charge in [-0.3, -0.25) is 4.90 Å². The van der Waals surface area contributed by atoms with Crippen LogP contribution in [0.25, 0.3) is 0 Å². The molecule has 1 N–H and O–H groups in total. The normalized spacial score (nSPS) is 20.1. The van der Waals surface area contributed by atoms with Gasteiger partial charge in [0.2, 0.25) is 6.30 Å². The van der Waals surface area contributed by atoms with E-state index in [9.17, 15) is 9.18 Å². The third kappa shape index (κ3) is 1.14. The van der Waals surface area contributed by atoms with Crippen LogP contribution in [0.4, 0.5) is 9.18 Å². The molecule has 1 aliphatic rings. The van der Waals surface area contributed by atoms with Crippen LogP contribution in [0.1, 0.15) is 17.4 Å². The molecule has 0 saturated carbocycles. The van der Waals surface area contributed by atoms with Crippen molar-refractivity contribution in [2.24, 2.45) is 0 Å². The Kier molecular flexibility index (Phi) is 1.69. The highest BCUT2D eigenvalue weighted by atomic mass is 19.1. The summed E-state index contributed by atoms with van der Waals surface area (Å²) in [6.45, 7) is 0.146. The summed E-state index contributed by atoms with van der Waals surface area (Å²) in [5, 5.41) is 8.64. The van der Waals surface area contributed by atoms with Crippen LogP contribution in [0.3, 0.4) is 0 Å². The van der Waals surface area contributed by atoms with Crippen LogP contribution in [-0.4, -0.2) is 16.1 Å². The van der Waals surface area contributed by atoms with Gasteiger partial charge < -0.3 is 5.11 Å². The summed E-state index contributed by atoms with van der Waals surface area (Å²) >= 11 is 0. The second-order valence-electron chi connectivity index (χ2n) is 2.95. The number of fused-ring (bicyclic) bond motifs is 1. The van der Waals surface area contributed by atoms with Crippen molar-refractivity contribution in [3.8, 4) is 0 Å². The van der Waals surface area contributed by atoms with E-state index < -0.39 is 12.4 Å². The molecule has 1 amide bonds. The van der Waals surface area contributed by atoms with Gasteiger partial charge in [0.15, 0.2) is 0 Å². The van der Waals surface area contributed by atoms with E-state index in [1.165, 1.54) is 0 Å². The van der Waals surface area contributed by atoms with Crippen molar-refractivity contribution in [2.45, 2.75) is 12.8 Å². The number of rotatable bonds is 0. The molecule has 0 spiro atoms. The highest BCUT2D eigenvalue weighted by Gasteiger charge is 2.32. The number of alkyl halides is 1. The van der Waals surface area contributed by atoms with Crippen LogP contribution in [0, 0.1) is 0 Å². The molecule has 68 valence electrons. The lowest BCUT2D eigenvalue weighted by Crippen LogP contribution is -2.25. The third-order valence-corrected chi connectivity index (χ3v) is 2.17. The predicted molar refractivity (Wildman–Crippen MR) is 43.9 cm³/mol. The van der Waals surface area contributed by atoms with Crippen molar-refractivity contribution in [1.29, 1.82) is 0 Å². The Hall–Kier alpha value is -1.58. The predicted octanol–water partition coefficient (Wildman–Crippen LogP) is 2.15. The summed E-state index contributed by atoms with van der Waals surface area (Å²) in [5.74, 6) is 0. The maximum atomic E-state index is 13.4. The Labute approximate surface area is 74.4 Å². The van der Waals surface area contributed by atoms with Crippen LogP contribution >= 0.6 is 0 Å². The molecule has 0 bridgehead atoms. The van der Waals surface area contributed by atoms with Gasteiger partial charge in [-0.25, -0.2) is 9.18 Å². The Morgan fingerprint density at radius 3 is 2.85 bits per heavy atom. The summed E-state index contributed by atoms with van der Waals surface area (Å²) in [5.41, 5.74) is 1.21. The first kappa shape index (κ1) is 8.04. The molecule has 1 heterocycles. The third-order valence-electron chi connectivity index (χ3n) is 2.17. The van der Waals surface area contributed by atoms with Gasteiger partial charge in [-0.1, -0.05) is 24.3 Å². The van der Waals surface area contributed by atoms with Crippen molar-refractivity contribution >= 4 is 6.09 Å². The van der Waals surface area contributed by atoms with Crippen LogP contribution in [0.15, 0.2) is 24.3 Å². The zero-order chi connectivity index (χ0) is 9.42. The maximum absolute atomic E-state index is 13.4. The lowest BCUT2D eigenvalue weighted by atomic mass is 10.1. The summed E-state index contributed by atoms with van der Waals surface area (Å²) < 4.78 is 13.4. The molecule has 1 aromatic rings. The van der Waals surface area contributed by atoms with Crippen molar-refractivity contribution in [3.63, 3.8) is 0 Å². The van der Waals surface area contributed by atoms with E-state index in [4.69, 9.17) is 5.11 Å². The minimum atomic E-state index is -1.51. The molecule has 0 aliphatic carbocycles. The van der Waals surface area contributed by atoms with E-state index >= 15 is 0 Å². The SMILES string of the molecule is O=C(O)N1Cc2ccccc2C1F. The molecule has 4 heteroatoms. The number of carboxylic acid groups (broad SMARTS) is 1. The molecular weight excluding hydrogens is 173 g/mol. The van der Waals surface area contributed by atoms with Gasteiger partial charge in [-0.05, 0) is 5.56 Å². The summed E-state index contributed by atoms with van der Waals surface area (Å²) in [4.78, 5) is 11.3. The number of halogens is 1. The Morgan fingerprint density at radius 2 is 2.23 bits per heavy atom. The number of hydrogen-bond donors (Lipinski definition) is 1. The van der Waals surface area contributed by atoms with Gasteiger partial charge in [0, 0.05) is 5.56 Å². The zero-order valence-electron chi connectivity index (χ0n) is 6.77. The fourth-order valence-corrected chi connectivity index (χ4v) is 1.51.